The molecule has 38 heavy (non-hydrogen) atoms. The van der Waals surface area contributed by atoms with Crippen LogP contribution in [0.4, 0.5) is 0 Å². The summed E-state index contributed by atoms with van der Waals surface area (Å²) in [5.41, 5.74) is 4.16. The summed E-state index contributed by atoms with van der Waals surface area (Å²) in [6.45, 7) is 6.29. The number of carboxylic acids is 1. The highest BCUT2D eigenvalue weighted by molar-refractivity contribution is 8.00. The maximum Gasteiger partial charge on any atom is 0.352 e. The Kier molecular flexibility index (Phi) is 7.19. The molecule has 1 fully saturated rings. The topological polar surface area (TPSA) is 175 Å². The molecule has 13 heteroatoms. The van der Waals surface area contributed by atoms with Gasteiger partial charge in [-0.15, -0.1) is 11.8 Å². The molecule has 3 atom stereocenters. The van der Waals surface area contributed by atoms with Crippen molar-refractivity contribution in [1.82, 2.24) is 10.2 Å². The van der Waals surface area contributed by atoms with Gasteiger partial charge in [-0.05, 0) is 44.0 Å². The third-order valence-electron chi connectivity index (χ3n) is 6.21. The summed E-state index contributed by atoms with van der Waals surface area (Å²) in [5.74, 6) is -3.83. The van der Waals surface area contributed by atoms with Gasteiger partial charge in [-0.25, -0.2) is 9.59 Å². The minimum atomic E-state index is -2.29. The normalized spacial score (nSPS) is 21.8. The van der Waals surface area contributed by atoms with Crippen LogP contribution in [0.25, 0.3) is 0 Å². The van der Waals surface area contributed by atoms with Crippen LogP contribution in [-0.4, -0.2) is 75.7 Å². The Hall–Kier alpha value is -3.58. The average molecular weight is 548 g/mol. The summed E-state index contributed by atoms with van der Waals surface area (Å²) in [7, 11) is 0. The van der Waals surface area contributed by atoms with E-state index < -0.39 is 52.3 Å². The zero-order chi connectivity index (χ0) is 28.0. The fourth-order valence-electron chi connectivity index (χ4n) is 4.37. The SMILES string of the molecule is CC(=O)OCC1=C(C(=O)O)N2C(=O)C(NC(=O)C(N)(C(=O)OC(C)(C)C)c3ccc4c(c3)CCO4)C2SC1. The number of nitrogens with one attached hydrogen (secondary N) is 1. The van der Waals surface area contributed by atoms with Gasteiger partial charge in [0.05, 0.1) is 6.61 Å². The smallest absolute Gasteiger partial charge is 0.352 e. The van der Waals surface area contributed by atoms with E-state index in [0.29, 0.717) is 18.8 Å². The van der Waals surface area contributed by atoms with Gasteiger partial charge in [0.25, 0.3) is 11.8 Å². The minimum absolute atomic E-state index is 0.153. The molecule has 4 rings (SSSR count). The van der Waals surface area contributed by atoms with E-state index in [-0.39, 0.29) is 29.2 Å². The van der Waals surface area contributed by atoms with Crippen LogP contribution in [-0.2, 0) is 45.4 Å². The fraction of sp³-hybridized carbons (Fsp3) is 0.480. The van der Waals surface area contributed by atoms with Crippen molar-refractivity contribution in [1.29, 1.82) is 0 Å². The molecule has 0 spiro atoms. The van der Waals surface area contributed by atoms with E-state index in [1.54, 1.807) is 32.9 Å². The van der Waals surface area contributed by atoms with Gasteiger partial charge in [-0.2, -0.15) is 0 Å². The van der Waals surface area contributed by atoms with Crippen LogP contribution in [0.1, 0.15) is 38.8 Å². The van der Waals surface area contributed by atoms with E-state index in [0.717, 1.165) is 10.5 Å². The Morgan fingerprint density at radius 3 is 2.61 bits per heavy atom. The maximum absolute atomic E-state index is 13.6. The second kappa shape index (κ2) is 9.95. The molecule has 0 aliphatic carbocycles. The zero-order valence-electron chi connectivity index (χ0n) is 21.4. The molecular weight excluding hydrogens is 518 g/mol. The number of benzene rings is 1. The standard InChI is InChI=1S/C25H29N3O9S/c1-12(29)36-10-14-11-38-20-17(19(30)28(20)18(14)21(31)32)27-22(33)25(26,23(34)37-24(2,3)4)15-5-6-16-13(9-15)7-8-35-16/h5-6,9,17,20H,7-8,10-11,26H2,1-4H3,(H,27,33)(H,31,32). The number of esters is 2. The van der Waals surface area contributed by atoms with E-state index >= 15 is 0 Å². The molecule has 3 aliphatic rings. The Morgan fingerprint density at radius 1 is 1.26 bits per heavy atom. The molecule has 1 aromatic carbocycles. The second-order valence-corrected chi connectivity index (χ2v) is 11.2. The summed E-state index contributed by atoms with van der Waals surface area (Å²) >= 11 is 1.19. The van der Waals surface area contributed by atoms with Crippen molar-refractivity contribution in [3.63, 3.8) is 0 Å². The van der Waals surface area contributed by atoms with E-state index in [1.165, 1.54) is 24.8 Å². The Morgan fingerprint density at radius 2 is 1.97 bits per heavy atom. The molecule has 2 amide bonds. The van der Waals surface area contributed by atoms with Gasteiger partial charge in [0, 0.05) is 24.7 Å². The van der Waals surface area contributed by atoms with Crippen LogP contribution in [0.2, 0.25) is 0 Å². The lowest BCUT2D eigenvalue weighted by Crippen LogP contribution is -2.73. The number of hydrogen-bond acceptors (Lipinski definition) is 10. The van der Waals surface area contributed by atoms with Crippen LogP contribution in [0, 0.1) is 0 Å². The quantitative estimate of drug-likeness (QED) is 0.245. The van der Waals surface area contributed by atoms with Gasteiger partial charge in [0.15, 0.2) is 0 Å². The molecule has 0 radical (unpaired) electrons. The molecular formula is C25H29N3O9S. The van der Waals surface area contributed by atoms with Gasteiger partial charge < -0.3 is 30.4 Å². The van der Waals surface area contributed by atoms with Crippen LogP contribution >= 0.6 is 11.8 Å². The van der Waals surface area contributed by atoms with Crippen molar-refractivity contribution in [2.75, 3.05) is 19.0 Å². The number of nitrogens with two attached hydrogens (primary N) is 1. The molecule has 204 valence electrons. The highest BCUT2D eigenvalue weighted by Gasteiger charge is 2.57. The first-order chi connectivity index (χ1) is 17.7. The largest absolute Gasteiger partial charge is 0.493 e. The number of aliphatic carboxylic acids is 1. The van der Waals surface area contributed by atoms with Crippen LogP contribution in [0.5, 0.6) is 5.75 Å². The Labute approximate surface area is 222 Å². The second-order valence-electron chi connectivity index (χ2n) is 10.1. The minimum Gasteiger partial charge on any atom is -0.493 e. The first-order valence-electron chi connectivity index (χ1n) is 11.9. The average Bonchev–Trinajstić information content (AvgIpc) is 3.31. The predicted octanol–water partition coefficient (Wildman–Crippen LogP) is 0.419. The number of hydrogen-bond donors (Lipinski definition) is 3. The summed E-state index contributed by atoms with van der Waals surface area (Å²) < 4.78 is 15.9. The molecule has 0 saturated carbocycles. The number of thioether (sulfide) groups is 1. The lowest BCUT2D eigenvalue weighted by atomic mass is 9.87. The molecule has 3 aliphatic heterocycles. The van der Waals surface area contributed by atoms with Crippen molar-refractivity contribution in [3.05, 3.63) is 40.6 Å². The summed E-state index contributed by atoms with van der Waals surface area (Å²) in [5, 5.41) is 11.5. The van der Waals surface area contributed by atoms with Crippen molar-refractivity contribution in [2.45, 2.75) is 56.7 Å². The summed E-state index contributed by atoms with van der Waals surface area (Å²) in [6, 6.07) is 3.60. The third kappa shape index (κ3) is 4.95. The molecule has 4 N–H and O–H groups in total. The number of carboxylic acid groups (broad SMARTS) is 1. The molecule has 0 aromatic heterocycles. The first kappa shape index (κ1) is 27.5. The number of amides is 2. The highest BCUT2D eigenvalue weighted by atomic mass is 32.2. The van der Waals surface area contributed by atoms with E-state index in [1.807, 2.05) is 0 Å². The molecule has 1 saturated heterocycles. The fourth-order valence-corrected chi connectivity index (χ4v) is 5.70. The Balaban J connectivity index is 1.61. The first-order valence-corrected chi connectivity index (χ1v) is 12.9. The number of fused-ring (bicyclic) bond motifs is 2. The Bertz CT molecular complexity index is 1250. The van der Waals surface area contributed by atoms with Crippen LogP contribution < -0.4 is 15.8 Å². The molecule has 1 aromatic rings. The summed E-state index contributed by atoms with van der Waals surface area (Å²) in [6.07, 6.45) is 0.573. The lowest BCUT2D eigenvalue weighted by molar-refractivity contribution is -0.166. The third-order valence-corrected chi connectivity index (χ3v) is 7.55. The van der Waals surface area contributed by atoms with E-state index in [4.69, 9.17) is 19.9 Å². The van der Waals surface area contributed by atoms with E-state index in [9.17, 15) is 29.1 Å². The predicted molar refractivity (Wildman–Crippen MR) is 134 cm³/mol. The van der Waals surface area contributed by atoms with Crippen LogP contribution in [0.15, 0.2) is 29.5 Å². The number of carbonyl (C=O) groups is 5. The van der Waals surface area contributed by atoms with Crippen molar-refractivity contribution in [3.8, 4) is 5.75 Å². The lowest BCUT2D eigenvalue weighted by Gasteiger charge is -2.49. The van der Waals surface area contributed by atoms with Gasteiger partial charge in [0.2, 0.25) is 5.54 Å². The zero-order valence-corrected chi connectivity index (χ0v) is 22.2. The van der Waals surface area contributed by atoms with Gasteiger partial charge in [0.1, 0.15) is 35.1 Å². The molecule has 0 bridgehead atoms. The number of ether oxygens (including phenoxy) is 3. The number of nitrogens with zero attached hydrogens (tertiary/aromatic N) is 1. The van der Waals surface area contributed by atoms with Gasteiger partial charge in [-0.1, -0.05) is 6.07 Å². The van der Waals surface area contributed by atoms with Crippen molar-refractivity contribution >= 4 is 41.5 Å². The summed E-state index contributed by atoms with van der Waals surface area (Å²) in [4.78, 5) is 64.2. The van der Waals surface area contributed by atoms with Crippen LogP contribution in [0.3, 0.4) is 0 Å². The molecule has 12 nitrogen and oxygen atoms in total. The van der Waals surface area contributed by atoms with Gasteiger partial charge in [-0.3, -0.25) is 19.3 Å². The van der Waals surface area contributed by atoms with E-state index in [2.05, 4.69) is 5.32 Å². The maximum atomic E-state index is 13.6. The van der Waals surface area contributed by atoms with Crippen molar-refractivity contribution < 1.29 is 43.3 Å². The number of rotatable bonds is 7. The molecule has 3 unspecified atom stereocenters. The highest BCUT2D eigenvalue weighted by Crippen LogP contribution is 2.41. The number of β-lactam (4-membered cyclic amide) rings is 1. The molecule has 3 heterocycles. The monoisotopic (exact) mass is 547 g/mol. The van der Waals surface area contributed by atoms with Gasteiger partial charge >= 0.3 is 17.9 Å². The van der Waals surface area contributed by atoms with Crippen molar-refractivity contribution in [2.24, 2.45) is 5.73 Å². The number of carbonyl (C=O) groups excluding carboxylic acids is 4.